The topological polar surface area (TPSA) is 12.0 Å². The van der Waals surface area contributed by atoms with Gasteiger partial charge < -0.3 is 5.32 Å². The summed E-state index contributed by atoms with van der Waals surface area (Å²) in [4.78, 5) is 0. The molecule has 0 aromatic rings. The van der Waals surface area contributed by atoms with Crippen molar-refractivity contribution in [2.24, 2.45) is 11.8 Å². The van der Waals surface area contributed by atoms with Crippen LogP contribution in [0.3, 0.4) is 0 Å². The van der Waals surface area contributed by atoms with Crippen LogP contribution < -0.4 is 5.32 Å². The van der Waals surface area contributed by atoms with Crippen LogP contribution in [-0.4, -0.2) is 12.6 Å². The second-order valence-corrected chi connectivity index (χ2v) is 5.58. The van der Waals surface area contributed by atoms with Crippen LogP contribution in [0.25, 0.3) is 0 Å². The maximum Gasteiger partial charge on any atom is 0.00617 e. The van der Waals surface area contributed by atoms with Gasteiger partial charge >= 0.3 is 0 Å². The number of hydrogen-bond acceptors (Lipinski definition) is 1. The lowest BCUT2D eigenvalue weighted by molar-refractivity contribution is 0.417. The maximum atomic E-state index is 3.58. The van der Waals surface area contributed by atoms with Crippen molar-refractivity contribution in [2.45, 2.75) is 72.8 Å². The molecule has 15 heavy (non-hydrogen) atoms. The number of hydrogen-bond donors (Lipinski definition) is 1. The summed E-state index contributed by atoms with van der Waals surface area (Å²) >= 11 is 0. The highest BCUT2D eigenvalue weighted by atomic mass is 14.9. The van der Waals surface area contributed by atoms with Gasteiger partial charge in [-0.25, -0.2) is 0 Å². The molecule has 1 heteroatoms. The van der Waals surface area contributed by atoms with Gasteiger partial charge in [0.05, 0.1) is 0 Å². The zero-order valence-corrected chi connectivity index (χ0v) is 11.5. The molecule has 1 nitrogen and oxygen atoms in total. The predicted octanol–water partition coefficient (Wildman–Crippen LogP) is 4.23. The van der Waals surface area contributed by atoms with E-state index in [1.807, 2.05) is 0 Å². The molecule has 0 aliphatic rings. The summed E-state index contributed by atoms with van der Waals surface area (Å²) in [6.07, 6.45) is 6.96. The molecule has 0 saturated carbocycles. The first-order chi connectivity index (χ1) is 7.04. The lowest BCUT2D eigenvalue weighted by atomic mass is 10.0. The molecule has 0 aliphatic carbocycles. The van der Waals surface area contributed by atoms with Crippen LogP contribution in [0.1, 0.15) is 66.7 Å². The second-order valence-electron chi connectivity index (χ2n) is 5.58. The summed E-state index contributed by atoms with van der Waals surface area (Å²) in [7, 11) is 0. The highest BCUT2D eigenvalue weighted by Gasteiger charge is 2.04. The van der Waals surface area contributed by atoms with Gasteiger partial charge in [-0.05, 0) is 31.7 Å². The molecule has 0 aromatic carbocycles. The Kier molecular flexibility index (Phi) is 9.18. The van der Waals surface area contributed by atoms with Crippen LogP contribution in [0.5, 0.6) is 0 Å². The number of unbranched alkanes of at least 4 members (excludes halogenated alkanes) is 3. The van der Waals surface area contributed by atoms with Gasteiger partial charge in [-0.15, -0.1) is 0 Å². The van der Waals surface area contributed by atoms with Gasteiger partial charge in [-0.1, -0.05) is 53.4 Å². The molecule has 1 unspecified atom stereocenters. The minimum atomic E-state index is 0.667. The van der Waals surface area contributed by atoms with Crippen molar-refractivity contribution in [2.75, 3.05) is 6.54 Å². The minimum Gasteiger partial charge on any atom is -0.314 e. The fourth-order valence-corrected chi connectivity index (χ4v) is 1.60. The molecule has 0 aliphatic heterocycles. The van der Waals surface area contributed by atoms with Gasteiger partial charge in [0.15, 0.2) is 0 Å². The molecule has 0 aromatic heterocycles. The highest BCUT2D eigenvalue weighted by molar-refractivity contribution is 4.63. The largest absolute Gasteiger partial charge is 0.314 e. The minimum absolute atomic E-state index is 0.667. The number of nitrogens with one attached hydrogen (secondary N) is 1. The van der Waals surface area contributed by atoms with Crippen molar-refractivity contribution < 1.29 is 0 Å². The predicted molar refractivity (Wildman–Crippen MR) is 70.2 cm³/mol. The first kappa shape index (κ1) is 15.0. The number of rotatable bonds is 9. The van der Waals surface area contributed by atoms with E-state index >= 15 is 0 Å². The van der Waals surface area contributed by atoms with E-state index in [-0.39, 0.29) is 0 Å². The third-order valence-corrected chi connectivity index (χ3v) is 3.17. The van der Waals surface area contributed by atoms with E-state index in [4.69, 9.17) is 0 Å². The third-order valence-electron chi connectivity index (χ3n) is 3.17. The summed E-state index contributed by atoms with van der Waals surface area (Å²) in [5, 5.41) is 3.58. The van der Waals surface area contributed by atoms with Crippen molar-refractivity contribution >= 4 is 0 Å². The molecule has 0 bridgehead atoms. The SMILES string of the molecule is CC(C)CCCCCCNC(C)C(C)C. The Hall–Kier alpha value is -0.0400. The molecule has 0 heterocycles. The Morgan fingerprint density at radius 2 is 1.40 bits per heavy atom. The third kappa shape index (κ3) is 10.2. The van der Waals surface area contributed by atoms with Crippen LogP contribution in [0, 0.1) is 11.8 Å². The van der Waals surface area contributed by atoms with Crippen molar-refractivity contribution in [3.63, 3.8) is 0 Å². The fourth-order valence-electron chi connectivity index (χ4n) is 1.60. The van der Waals surface area contributed by atoms with Gasteiger partial charge in [-0.3, -0.25) is 0 Å². The fraction of sp³-hybridized carbons (Fsp3) is 1.00. The van der Waals surface area contributed by atoms with Crippen molar-refractivity contribution in [1.82, 2.24) is 5.32 Å². The van der Waals surface area contributed by atoms with E-state index in [1.54, 1.807) is 0 Å². The Balaban J connectivity index is 3.11. The standard InChI is InChI=1S/C14H31N/c1-12(2)10-8-6-7-9-11-15-14(5)13(3)4/h12-15H,6-11H2,1-5H3. The van der Waals surface area contributed by atoms with E-state index in [1.165, 1.54) is 38.6 Å². The van der Waals surface area contributed by atoms with E-state index < -0.39 is 0 Å². The smallest absolute Gasteiger partial charge is 0.00617 e. The highest BCUT2D eigenvalue weighted by Crippen LogP contribution is 2.09. The molecule has 0 saturated heterocycles. The summed E-state index contributed by atoms with van der Waals surface area (Å²) < 4.78 is 0. The van der Waals surface area contributed by atoms with E-state index in [2.05, 4.69) is 39.9 Å². The maximum absolute atomic E-state index is 3.58. The zero-order chi connectivity index (χ0) is 11.7. The van der Waals surface area contributed by atoms with Gasteiger partial charge in [-0.2, -0.15) is 0 Å². The Bertz CT molecular complexity index is 129. The van der Waals surface area contributed by atoms with Crippen LogP contribution >= 0.6 is 0 Å². The molecule has 92 valence electrons. The van der Waals surface area contributed by atoms with Gasteiger partial charge in [0.1, 0.15) is 0 Å². The monoisotopic (exact) mass is 213 g/mol. The lowest BCUT2D eigenvalue weighted by Crippen LogP contribution is -2.31. The molecule has 0 rings (SSSR count). The van der Waals surface area contributed by atoms with Gasteiger partial charge in [0, 0.05) is 6.04 Å². The average Bonchev–Trinajstić information content (AvgIpc) is 2.15. The molecule has 0 radical (unpaired) electrons. The Morgan fingerprint density at radius 3 is 1.93 bits per heavy atom. The second kappa shape index (κ2) is 9.21. The first-order valence-electron chi connectivity index (χ1n) is 6.77. The van der Waals surface area contributed by atoms with Gasteiger partial charge in [0.2, 0.25) is 0 Å². The Labute approximate surface area is 97.0 Å². The molecule has 0 fully saturated rings. The van der Waals surface area contributed by atoms with Crippen molar-refractivity contribution in [3.05, 3.63) is 0 Å². The first-order valence-corrected chi connectivity index (χ1v) is 6.77. The van der Waals surface area contributed by atoms with E-state index in [9.17, 15) is 0 Å². The van der Waals surface area contributed by atoms with Gasteiger partial charge in [0.25, 0.3) is 0 Å². The Morgan fingerprint density at radius 1 is 0.800 bits per heavy atom. The van der Waals surface area contributed by atoms with E-state index in [0.29, 0.717) is 6.04 Å². The molecule has 0 amide bonds. The molecule has 1 atom stereocenters. The molecular formula is C14H31N. The molecule has 1 N–H and O–H groups in total. The van der Waals surface area contributed by atoms with Crippen LogP contribution in [0.15, 0.2) is 0 Å². The summed E-state index contributed by atoms with van der Waals surface area (Å²) in [5.41, 5.74) is 0. The van der Waals surface area contributed by atoms with Crippen LogP contribution in [-0.2, 0) is 0 Å². The van der Waals surface area contributed by atoms with Crippen LogP contribution in [0.2, 0.25) is 0 Å². The summed E-state index contributed by atoms with van der Waals surface area (Å²) in [6, 6.07) is 0.667. The van der Waals surface area contributed by atoms with Crippen molar-refractivity contribution in [3.8, 4) is 0 Å². The summed E-state index contributed by atoms with van der Waals surface area (Å²) in [5.74, 6) is 1.63. The normalized spacial score (nSPS) is 13.8. The summed E-state index contributed by atoms with van der Waals surface area (Å²) in [6.45, 7) is 12.7. The average molecular weight is 213 g/mol. The lowest BCUT2D eigenvalue weighted by Gasteiger charge is -2.17. The molecular weight excluding hydrogens is 182 g/mol. The molecule has 0 spiro atoms. The quantitative estimate of drug-likeness (QED) is 0.565. The van der Waals surface area contributed by atoms with Crippen LogP contribution in [0.4, 0.5) is 0 Å². The zero-order valence-electron chi connectivity index (χ0n) is 11.5. The van der Waals surface area contributed by atoms with E-state index in [0.717, 1.165) is 11.8 Å². The van der Waals surface area contributed by atoms with Crippen molar-refractivity contribution in [1.29, 1.82) is 0 Å².